The quantitative estimate of drug-likeness (QED) is 0.865. The van der Waals surface area contributed by atoms with Crippen molar-refractivity contribution in [3.8, 4) is 0 Å². The van der Waals surface area contributed by atoms with Crippen LogP contribution in [0.2, 0.25) is 0 Å². The number of aryl methyl sites for hydroxylation is 1. The van der Waals surface area contributed by atoms with Crippen LogP contribution in [0.3, 0.4) is 0 Å². The van der Waals surface area contributed by atoms with E-state index in [4.69, 9.17) is 4.74 Å². The van der Waals surface area contributed by atoms with E-state index in [1.165, 1.54) is 6.42 Å². The number of aliphatic hydroxyl groups is 1. The molecule has 0 amide bonds. The number of hydrogen-bond acceptors (Lipinski definition) is 5. The maximum absolute atomic E-state index is 10.2. The van der Waals surface area contributed by atoms with Gasteiger partial charge in [0.05, 0.1) is 6.10 Å². The number of aromatic nitrogens is 2. The summed E-state index contributed by atoms with van der Waals surface area (Å²) in [5, 5.41) is 13.6. The number of hydrogen-bond donors (Lipinski definition) is 2. The van der Waals surface area contributed by atoms with Gasteiger partial charge in [-0.3, -0.25) is 0 Å². The number of anilines is 1. The van der Waals surface area contributed by atoms with E-state index in [0.717, 1.165) is 37.3 Å². The second-order valence-electron chi connectivity index (χ2n) is 6.01. The molecule has 0 radical (unpaired) electrons. The van der Waals surface area contributed by atoms with Crippen LogP contribution in [0.4, 0.5) is 5.82 Å². The molecule has 112 valence electrons. The van der Waals surface area contributed by atoms with Crippen molar-refractivity contribution in [2.45, 2.75) is 52.2 Å². The van der Waals surface area contributed by atoms with Gasteiger partial charge < -0.3 is 15.2 Å². The Morgan fingerprint density at radius 3 is 2.95 bits per heavy atom. The van der Waals surface area contributed by atoms with E-state index < -0.39 is 0 Å². The Morgan fingerprint density at radius 1 is 1.45 bits per heavy atom. The maximum atomic E-state index is 10.2. The van der Waals surface area contributed by atoms with E-state index in [-0.39, 0.29) is 11.5 Å². The van der Waals surface area contributed by atoms with E-state index in [9.17, 15) is 5.11 Å². The molecule has 2 rings (SSSR count). The summed E-state index contributed by atoms with van der Waals surface area (Å²) >= 11 is 0. The Kier molecular flexibility index (Phi) is 4.94. The van der Waals surface area contributed by atoms with Crippen LogP contribution < -0.4 is 5.32 Å². The molecule has 2 unspecified atom stereocenters. The van der Waals surface area contributed by atoms with Gasteiger partial charge in [-0.15, -0.1) is 0 Å². The first-order valence-corrected chi connectivity index (χ1v) is 7.29. The van der Waals surface area contributed by atoms with Crippen molar-refractivity contribution in [1.82, 2.24) is 9.97 Å². The smallest absolute Gasteiger partial charge is 0.156 e. The van der Waals surface area contributed by atoms with E-state index in [0.29, 0.717) is 12.4 Å². The molecular weight excluding hydrogens is 254 g/mol. The fraction of sp³-hybridized carbons (Fsp3) is 0.733. The normalized spacial score (nSPS) is 26.5. The van der Waals surface area contributed by atoms with Crippen LogP contribution in [-0.2, 0) is 11.3 Å². The summed E-state index contributed by atoms with van der Waals surface area (Å²) in [7, 11) is 1.64. The van der Waals surface area contributed by atoms with Gasteiger partial charge in [0.25, 0.3) is 0 Å². The zero-order valence-corrected chi connectivity index (χ0v) is 12.6. The van der Waals surface area contributed by atoms with Gasteiger partial charge >= 0.3 is 0 Å². The van der Waals surface area contributed by atoms with Gasteiger partial charge in [0.2, 0.25) is 0 Å². The van der Waals surface area contributed by atoms with Gasteiger partial charge in [0, 0.05) is 30.8 Å². The number of nitrogens with one attached hydrogen (secondary N) is 1. The molecule has 0 aromatic carbocycles. The lowest BCUT2D eigenvalue weighted by Gasteiger charge is -2.38. The highest BCUT2D eigenvalue weighted by molar-refractivity contribution is 5.36. The van der Waals surface area contributed by atoms with Crippen LogP contribution in [0.15, 0.2) is 6.07 Å². The molecule has 1 saturated carbocycles. The van der Waals surface area contributed by atoms with Crippen molar-refractivity contribution in [2.24, 2.45) is 5.41 Å². The number of aliphatic hydroxyl groups excluding tert-OH is 1. The Bertz CT molecular complexity index is 453. The third-order valence-corrected chi connectivity index (χ3v) is 4.13. The predicted molar refractivity (Wildman–Crippen MR) is 78.6 cm³/mol. The van der Waals surface area contributed by atoms with E-state index in [1.807, 2.05) is 13.0 Å². The molecule has 20 heavy (non-hydrogen) atoms. The Hall–Kier alpha value is -1.20. The second kappa shape index (κ2) is 6.50. The fourth-order valence-corrected chi connectivity index (χ4v) is 2.79. The zero-order valence-electron chi connectivity index (χ0n) is 12.6. The zero-order chi connectivity index (χ0) is 14.6. The first kappa shape index (κ1) is 15.2. The third kappa shape index (κ3) is 3.67. The SMILES string of the molecule is COCc1nc(C)cc(NCC2(C)CCCCC2O)n1. The Balaban J connectivity index is 2.02. The summed E-state index contributed by atoms with van der Waals surface area (Å²) in [4.78, 5) is 8.76. The van der Waals surface area contributed by atoms with E-state index in [2.05, 4.69) is 22.2 Å². The molecule has 2 N–H and O–H groups in total. The van der Waals surface area contributed by atoms with Gasteiger partial charge in [-0.05, 0) is 19.8 Å². The number of rotatable bonds is 5. The van der Waals surface area contributed by atoms with Crippen LogP contribution in [0.5, 0.6) is 0 Å². The molecule has 1 aromatic heterocycles. The summed E-state index contributed by atoms with van der Waals surface area (Å²) < 4.78 is 5.08. The average Bonchev–Trinajstić information content (AvgIpc) is 2.40. The summed E-state index contributed by atoms with van der Waals surface area (Å²) in [5.41, 5.74) is 0.849. The van der Waals surface area contributed by atoms with Crippen LogP contribution in [0.25, 0.3) is 0 Å². The molecule has 1 aliphatic rings. The largest absolute Gasteiger partial charge is 0.392 e. The Labute approximate surface area is 120 Å². The third-order valence-electron chi connectivity index (χ3n) is 4.13. The fourth-order valence-electron chi connectivity index (χ4n) is 2.79. The minimum atomic E-state index is -0.231. The topological polar surface area (TPSA) is 67.3 Å². The highest BCUT2D eigenvalue weighted by Gasteiger charge is 2.35. The van der Waals surface area contributed by atoms with Crippen molar-refractivity contribution in [2.75, 3.05) is 19.0 Å². The highest BCUT2D eigenvalue weighted by Crippen LogP contribution is 2.36. The molecule has 1 aromatic rings. The predicted octanol–water partition coefficient (Wildman–Crippen LogP) is 2.28. The van der Waals surface area contributed by atoms with Crippen molar-refractivity contribution >= 4 is 5.82 Å². The lowest BCUT2D eigenvalue weighted by Crippen LogP contribution is -2.41. The molecule has 1 heterocycles. The molecule has 1 fully saturated rings. The lowest BCUT2D eigenvalue weighted by molar-refractivity contribution is 0.00958. The Morgan fingerprint density at radius 2 is 2.25 bits per heavy atom. The monoisotopic (exact) mass is 279 g/mol. The summed E-state index contributed by atoms with van der Waals surface area (Å²) in [6, 6.07) is 1.93. The molecule has 5 nitrogen and oxygen atoms in total. The van der Waals surface area contributed by atoms with Crippen LogP contribution >= 0.6 is 0 Å². The van der Waals surface area contributed by atoms with Crippen LogP contribution in [0, 0.1) is 12.3 Å². The van der Waals surface area contributed by atoms with Crippen LogP contribution in [-0.4, -0.2) is 34.8 Å². The van der Waals surface area contributed by atoms with Crippen molar-refractivity contribution in [3.63, 3.8) is 0 Å². The molecule has 0 bridgehead atoms. The summed E-state index contributed by atoms with van der Waals surface area (Å²) in [6.45, 7) is 5.24. The number of methoxy groups -OCH3 is 1. The van der Waals surface area contributed by atoms with Crippen LogP contribution in [0.1, 0.15) is 44.1 Å². The van der Waals surface area contributed by atoms with Crippen molar-refractivity contribution in [1.29, 1.82) is 0 Å². The molecule has 0 saturated heterocycles. The minimum absolute atomic E-state index is 0.0709. The summed E-state index contributed by atoms with van der Waals surface area (Å²) in [6.07, 6.45) is 4.03. The average molecular weight is 279 g/mol. The van der Waals surface area contributed by atoms with Gasteiger partial charge in [-0.1, -0.05) is 19.8 Å². The highest BCUT2D eigenvalue weighted by atomic mass is 16.5. The number of nitrogens with zero attached hydrogens (tertiary/aromatic N) is 2. The molecule has 0 spiro atoms. The lowest BCUT2D eigenvalue weighted by atomic mass is 9.73. The molecule has 5 heteroatoms. The van der Waals surface area contributed by atoms with Gasteiger partial charge in [0.1, 0.15) is 12.4 Å². The first-order chi connectivity index (χ1) is 9.53. The standard InChI is InChI=1S/C15H25N3O2/c1-11-8-13(18-14(17-11)9-20-3)16-10-15(2)7-5-4-6-12(15)19/h8,12,19H,4-7,9-10H2,1-3H3,(H,16,17,18). The maximum Gasteiger partial charge on any atom is 0.156 e. The first-order valence-electron chi connectivity index (χ1n) is 7.29. The number of ether oxygens (including phenoxy) is 1. The minimum Gasteiger partial charge on any atom is -0.392 e. The summed E-state index contributed by atoms with van der Waals surface area (Å²) in [5.74, 6) is 1.49. The van der Waals surface area contributed by atoms with E-state index in [1.54, 1.807) is 7.11 Å². The molecule has 2 atom stereocenters. The second-order valence-corrected chi connectivity index (χ2v) is 6.01. The van der Waals surface area contributed by atoms with E-state index >= 15 is 0 Å². The molecule has 1 aliphatic carbocycles. The van der Waals surface area contributed by atoms with Crippen molar-refractivity contribution < 1.29 is 9.84 Å². The molecule has 0 aliphatic heterocycles. The van der Waals surface area contributed by atoms with Crippen molar-refractivity contribution in [3.05, 3.63) is 17.6 Å². The molecular formula is C15H25N3O2. The van der Waals surface area contributed by atoms with Gasteiger partial charge in [-0.2, -0.15) is 0 Å². The van der Waals surface area contributed by atoms with Gasteiger partial charge in [-0.25, -0.2) is 9.97 Å². The van der Waals surface area contributed by atoms with Gasteiger partial charge in [0.15, 0.2) is 5.82 Å².